The van der Waals surface area contributed by atoms with E-state index in [1.807, 2.05) is 14.1 Å². The van der Waals surface area contributed by atoms with Crippen molar-refractivity contribution in [3.8, 4) is 0 Å². The predicted octanol–water partition coefficient (Wildman–Crippen LogP) is 3.38. The van der Waals surface area contributed by atoms with E-state index in [-0.39, 0.29) is 12.0 Å². The Labute approximate surface area is 119 Å². The lowest BCUT2D eigenvalue weighted by Gasteiger charge is -2.28. The van der Waals surface area contributed by atoms with Gasteiger partial charge in [0.05, 0.1) is 5.56 Å². The quantitative estimate of drug-likeness (QED) is 0.863. The Morgan fingerprint density at radius 1 is 1.10 bits per heavy atom. The first-order valence-electron chi connectivity index (χ1n) is 6.62. The first kappa shape index (κ1) is 17.0. The normalized spacial score (nSPS) is 13.0. The summed E-state index contributed by atoms with van der Waals surface area (Å²) in [5.74, 6) is 0. The Kier molecular flexibility index (Phi) is 5.59. The Bertz CT molecular complexity index is 425. The molecule has 1 aromatic rings. The molecule has 0 bridgehead atoms. The van der Waals surface area contributed by atoms with E-state index in [2.05, 4.69) is 24.1 Å². The fourth-order valence-corrected chi connectivity index (χ4v) is 2.40. The number of alkyl halides is 3. The van der Waals surface area contributed by atoms with Gasteiger partial charge in [-0.05, 0) is 31.1 Å². The smallest absolute Gasteiger partial charge is 0.312 e. The summed E-state index contributed by atoms with van der Waals surface area (Å²) in [6.45, 7) is 5.95. The second-order valence-electron chi connectivity index (χ2n) is 6.16. The standard InChI is InChI=1S/C15H23F3N2/c1-14(2,11-20(3)4)10-19-9-12-7-5-6-8-13(12)15(16,17)18/h5-8,19H,9-11H2,1-4H3. The van der Waals surface area contributed by atoms with Crippen molar-refractivity contribution in [3.63, 3.8) is 0 Å². The molecular weight excluding hydrogens is 265 g/mol. The van der Waals surface area contributed by atoms with Crippen molar-refractivity contribution in [2.24, 2.45) is 5.41 Å². The summed E-state index contributed by atoms with van der Waals surface area (Å²) in [7, 11) is 3.97. The first-order valence-corrected chi connectivity index (χ1v) is 6.62. The molecule has 0 heterocycles. The van der Waals surface area contributed by atoms with E-state index in [0.29, 0.717) is 12.1 Å². The van der Waals surface area contributed by atoms with Crippen LogP contribution in [-0.2, 0) is 12.7 Å². The van der Waals surface area contributed by atoms with E-state index in [1.165, 1.54) is 12.1 Å². The molecule has 0 fully saturated rings. The van der Waals surface area contributed by atoms with Gasteiger partial charge >= 0.3 is 6.18 Å². The second kappa shape index (κ2) is 6.59. The van der Waals surface area contributed by atoms with Crippen LogP contribution >= 0.6 is 0 Å². The Morgan fingerprint density at radius 3 is 2.25 bits per heavy atom. The number of benzene rings is 1. The van der Waals surface area contributed by atoms with Gasteiger partial charge in [0.15, 0.2) is 0 Å². The van der Waals surface area contributed by atoms with E-state index in [9.17, 15) is 13.2 Å². The van der Waals surface area contributed by atoms with E-state index < -0.39 is 11.7 Å². The molecule has 0 saturated carbocycles. The van der Waals surface area contributed by atoms with Gasteiger partial charge in [-0.2, -0.15) is 13.2 Å². The molecule has 1 rings (SSSR count). The maximum Gasteiger partial charge on any atom is 0.416 e. The van der Waals surface area contributed by atoms with Gasteiger partial charge in [-0.25, -0.2) is 0 Å². The zero-order valence-electron chi connectivity index (χ0n) is 12.5. The van der Waals surface area contributed by atoms with Gasteiger partial charge < -0.3 is 10.2 Å². The minimum atomic E-state index is -4.29. The van der Waals surface area contributed by atoms with Crippen LogP contribution in [0.3, 0.4) is 0 Å². The van der Waals surface area contributed by atoms with Crippen molar-refractivity contribution in [2.75, 3.05) is 27.2 Å². The van der Waals surface area contributed by atoms with Crippen molar-refractivity contribution in [2.45, 2.75) is 26.6 Å². The number of rotatable bonds is 6. The summed E-state index contributed by atoms with van der Waals surface area (Å²) in [6.07, 6.45) is -4.29. The molecular formula is C15H23F3N2. The summed E-state index contributed by atoms with van der Waals surface area (Å²) in [4.78, 5) is 2.07. The molecule has 0 saturated heterocycles. The van der Waals surface area contributed by atoms with Crippen molar-refractivity contribution >= 4 is 0 Å². The molecule has 0 unspecified atom stereocenters. The maximum atomic E-state index is 12.8. The summed E-state index contributed by atoms with van der Waals surface area (Å²) in [5, 5.41) is 3.13. The number of hydrogen-bond acceptors (Lipinski definition) is 2. The second-order valence-corrected chi connectivity index (χ2v) is 6.16. The Morgan fingerprint density at radius 2 is 1.70 bits per heavy atom. The molecule has 0 atom stereocenters. The van der Waals surface area contributed by atoms with E-state index in [0.717, 1.165) is 12.6 Å². The van der Waals surface area contributed by atoms with Crippen molar-refractivity contribution in [1.82, 2.24) is 10.2 Å². The van der Waals surface area contributed by atoms with Crippen LogP contribution < -0.4 is 5.32 Å². The average molecular weight is 288 g/mol. The maximum absolute atomic E-state index is 12.8. The lowest BCUT2D eigenvalue weighted by molar-refractivity contribution is -0.138. The largest absolute Gasteiger partial charge is 0.416 e. The highest BCUT2D eigenvalue weighted by Gasteiger charge is 2.32. The van der Waals surface area contributed by atoms with Crippen LogP contribution in [0.2, 0.25) is 0 Å². The van der Waals surface area contributed by atoms with Crippen molar-refractivity contribution in [3.05, 3.63) is 35.4 Å². The Balaban J connectivity index is 2.63. The molecule has 114 valence electrons. The minimum absolute atomic E-state index is 0.0106. The fraction of sp³-hybridized carbons (Fsp3) is 0.600. The van der Waals surface area contributed by atoms with Gasteiger partial charge in [0, 0.05) is 19.6 Å². The highest BCUT2D eigenvalue weighted by atomic mass is 19.4. The van der Waals surface area contributed by atoms with Crippen LogP contribution in [0.25, 0.3) is 0 Å². The van der Waals surface area contributed by atoms with Gasteiger partial charge in [-0.1, -0.05) is 32.0 Å². The number of halogens is 3. The number of nitrogens with one attached hydrogen (secondary N) is 1. The lowest BCUT2D eigenvalue weighted by atomic mass is 9.93. The molecule has 0 aliphatic carbocycles. The SMILES string of the molecule is CN(C)CC(C)(C)CNCc1ccccc1C(F)(F)F. The van der Waals surface area contributed by atoms with Crippen LogP contribution in [0.4, 0.5) is 13.2 Å². The molecule has 0 aliphatic rings. The van der Waals surface area contributed by atoms with E-state index >= 15 is 0 Å². The van der Waals surface area contributed by atoms with Crippen LogP contribution in [0.5, 0.6) is 0 Å². The summed E-state index contributed by atoms with van der Waals surface area (Å²) < 4.78 is 38.5. The first-order chi connectivity index (χ1) is 9.12. The topological polar surface area (TPSA) is 15.3 Å². The fourth-order valence-electron chi connectivity index (χ4n) is 2.40. The average Bonchev–Trinajstić information content (AvgIpc) is 2.26. The van der Waals surface area contributed by atoms with Crippen LogP contribution in [-0.4, -0.2) is 32.1 Å². The van der Waals surface area contributed by atoms with E-state index in [4.69, 9.17) is 0 Å². The zero-order chi connectivity index (χ0) is 15.4. The summed E-state index contributed by atoms with van der Waals surface area (Å²) in [5.41, 5.74) is -0.255. The molecule has 1 N–H and O–H groups in total. The summed E-state index contributed by atoms with van der Waals surface area (Å²) >= 11 is 0. The van der Waals surface area contributed by atoms with Gasteiger partial charge in [0.1, 0.15) is 0 Å². The zero-order valence-corrected chi connectivity index (χ0v) is 12.5. The molecule has 1 aromatic carbocycles. The van der Waals surface area contributed by atoms with E-state index in [1.54, 1.807) is 6.07 Å². The van der Waals surface area contributed by atoms with Gasteiger partial charge in [-0.3, -0.25) is 0 Å². The monoisotopic (exact) mass is 288 g/mol. The number of nitrogens with zero attached hydrogens (tertiary/aromatic N) is 1. The van der Waals surface area contributed by atoms with Crippen LogP contribution in [0, 0.1) is 5.41 Å². The molecule has 0 aromatic heterocycles. The van der Waals surface area contributed by atoms with Crippen molar-refractivity contribution in [1.29, 1.82) is 0 Å². The highest BCUT2D eigenvalue weighted by Crippen LogP contribution is 2.31. The molecule has 0 amide bonds. The highest BCUT2D eigenvalue weighted by molar-refractivity contribution is 5.29. The number of hydrogen-bond donors (Lipinski definition) is 1. The van der Waals surface area contributed by atoms with Crippen molar-refractivity contribution < 1.29 is 13.2 Å². The van der Waals surface area contributed by atoms with Gasteiger partial charge in [0.25, 0.3) is 0 Å². The molecule has 20 heavy (non-hydrogen) atoms. The molecule has 5 heteroatoms. The third kappa shape index (κ3) is 5.51. The third-order valence-corrected chi connectivity index (χ3v) is 2.99. The van der Waals surface area contributed by atoms with Gasteiger partial charge in [0.2, 0.25) is 0 Å². The predicted molar refractivity (Wildman–Crippen MR) is 75.5 cm³/mol. The molecule has 0 spiro atoms. The van der Waals surface area contributed by atoms with Crippen LogP contribution in [0.1, 0.15) is 25.0 Å². The third-order valence-electron chi connectivity index (χ3n) is 2.99. The molecule has 2 nitrogen and oxygen atoms in total. The molecule has 0 aliphatic heterocycles. The lowest BCUT2D eigenvalue weighted by Crippen LogP contribution is -2.37. The van der Waals surface area contributed by atoms with Gasteiger partial charge in [-0.15, -0.1) is 0 Å². The molecule has 0 radical (unpaired) electrons. The minimum Gasteiger partial charge on any atom is -0.312 e. The van der Waals surface area contributed by atoms with Crippen LogP contribution in [0.15, 0.2) is 24.3 Å². The summed E-state index contributed by atoms with van der Waals surface area (Å²) in [6, 6.07) is 5.70. The Hall–Kier alpha value is -1.07.